The zero-order chi connectivity index (χ0) is 22.9. The lowest BCUT2D eigenvalue weighted by molar-refractivity contribution is -0.385. The predicted octanol–water partition coefficient (Wildman–Crippen LogP) is 6.76. The van der Waals surface area contributed by atoms with E-state index >= 15 is 0 Å². The fraction of sp³-hybridized carbons (Fsp3) is 0. The predicted molar refractivity (Wildman–Crippen MR) is 130 cm³/mol. The van der Waals surface area contributed by atoms with Crippen LogP contribution in [0.25, 0.3) is 40.1 Å². The number of nitro groups is 1. The highest BCUT2D eigenvalue weighted by Crippen LogP contribution is 2.32. The average molecular weight is 451 g/mol. The summed E-state index contributed by atoms with van der Waals surface area (Å²) in [5.74, 6) is 0. The lowest BCUT2D eigenvalue weighted by Gasteiger charge is -2.11. The molecule has 5 aromatic rings. The molecule has 2 aromatic heterocycles. The zero-order valence-electron chi connectivity index (χ0n) is 17.1. The maximum atomic E-state index is 11.4. The van der Waals surface area contributed by atoms with Gasteiger partial charge < -0.3 is 0 Å². The minimum atomic E-state index is -0.424. The van der Waals surface area contributed by atoms with Crippen LogP contribution in [0.3, 0.4) is 0 Å². The van der Waals surface area contributed by atoms with Crippen LogP contribution in [-0.2, 0) is 0 Å². The first-order valence-corrected chi connectivity index (χ1v) is 10.5. The molecule has 158 valence electrons. The Morgan fingerprint density at radius 2 is 1.73 bits per heavy atom. The van der Waals surface area contributed by atoms with Crippen molar-refractivity contribution in [1.29, 1.82) is 5.26 Å². The second kappa shape index (κ2) is 8.23. The largest absolute Gasteiger partial charge is 0.291 e. The Kier molecular flexibility index (Phi) is 5.09. The van der Waals surface area contributed by atoms with Crippen LogP contribution in [0.15, 0.2) is 78.9 Å². The number of nitrogens with zero attached hydrogens (tertiary/aromatic N) is 4. The number of para-hydroxylation sites is 3. The van der Waals surface area contributed by atoms with E-state index in [0.717, 1.165) is 22.3 Å². The summed E-state index contributed by atoms with van der Waals surface area (Å²) in [5.41, 5.74) is 5.24. The standard InChI is InChI=1S/C26H15ClN4O2/c27-20-8-5-7-19(14-20)25-15-18(13-12-17-6-1-3-10-23(17)31(32)33)21(16-28)26-29-22-9-2-4-11-24(22)30(25)26/h1-15H. The van der Waals surface area contributed by atoms with E-state index in [1.54, 1.807) is 36.4 Å². The first-order valence-electron chi connectivity index (χ1n) is 10.1. The summed E-state index contributed by atoms with van der Waals surface area (Å²) in [6.45, 7) is 0. The molecule has 6 nitrogen and oxygen atoms in total. The van der Waals surface area contributed by atoms with Crippen molar-refractivity contribution in [1.82, 2.24) is 9.38 Å². The number of aromatic nitrogens is 2. The van der Waals surface area contributed by atoms with Crippen molar-refractivity contribution in [2.75, 3.05) is 0 Å². The molecule has 0 saturated heterocycles. The van der Waals surface area contributed by atoms with Crippen molar-refractivity contribution < 1.29 is 4.92 Å². The monoisotopic (exact) mass is 450 g/mol. The molecule has 0 bridgehead atoms. The smallest absolute Gasteiger partial charge is 0.276 e. The van der Waals surface area contributed by atoms with Gasteiger partial charge in [-0.15, -0.1) is 0 Å². The minimum Gasteiger partial charge on any atom is -0.291 e. The van der Waals surface area contributed by atoms with Crippen molar-refractivity contribution in [2.24, 2.45) is 0 Å². The highest BCUT2D eigenvalue weighted by Gasteiger charge is 2.17. The summed E-state index contributed by atoms with van der Waals surface area (Å²) in [6.07, 6.45) is 3.36. The Hall–Kier alpha value is -4.47. The van der Waals surface area contributed by atoms with Gasteiger partial charge in [0.15, 0.2) is 5.65 Å². The van der Waals surface area contributed by atoms with Crippen LogP contribution in [-0.4, -0.2) is 14.3 Å². The van der Waals surface area contributed by atoms with Crippen molar-refractivity contribution in [3.05, 3.63) is 111 Å². The second-order valence-corrected chi connectivity index (χ2v) is 7.83. The Bertz CT molecular complexity index is 1630. The van der Waals surface area contributed by atoms with E-state index in [2.05, 4.69) is 6.07 Å². The van der Waals surface area contributed by atoms with Crippen LogP contribution < -0.4 is 0 Å². The Morgan fingerprint density at radius 1 is 0.970 bits per heavy atom. The summed E-state index contributed by atoms with van der Waals surface area (Å²) in [6, 6.07) is 25.8. The van der Waals surface area contributed by atoms with Crippen molar-refractivity contribution in [3.8, 4) is 17.3 Å². The SMILES string of the molecule is N#Cc1c(C=Cc2ccccc2[N+](=O)[O-])cc(-c2cccc(Cl)c2)n2c1nc1ccccc12. The van der Waals surface area contributed by atoms with E-state index < -0.39 is 4.92 Å². The quantitative estimate of drug-likeness (QED) is 0.223. The van der Waals surface area contributed by atoms with E-state index in [-0.39, 0.29) is 5.69 Å². The number of pyridine rings is 1. The fourth-order valence-corrected chi connectivity index (χ4v) is 4.12. The Balaban J connectivity index is 1.81. The number of nitro benzene ring substituents is 1. The number of halogens is 1. The third kappa shape index (κ3) is 3.61. The highest BCUT2D eigenvalue weighted by molar-refractivity contribution is 6.30. The summed E-state index contributed by atoms with van der Waals surface area (Å²) in [7, 11) is 0. The third-order valence-corrected chi connectivity index (χ3v) is 5.65. The Morgan fingerprint density at radius 3 is 2.52 bits per heavy atom. The van der Waals surface area contributed by atoms with Gasteiger partial charge in [0.1, 0.15) is 11.6 Å². The van der Waals surface area contributed by atoms with E-state index in [1.807, 2.05) is 52.9 Å². The number of fused-ring (bicyclic) bond motifs is 3. The van der Waals surface area contributed by atoms with Gasteiger partial charge in [0, 0.05) is 16.7 Å². The van der Waals surface area contributed by atoms with Gasteiger partial charge >= 0.3 is 0 Å². The molecule has 0 unspecified atom stereocenters. The second-order valence-electron chi connectivity index (χ2n) is 7.39. The van der Waals surface area contributed by atoms with E-state index in [9.17, 15) is 15.4 Å². The topological polar surface area (TPSA) is 84.2 Å². The molecule has 0 saturated carbocycles. The molecular formula is C26H15ClN4O2. The van der Waals surface area contributed by atoms with E-state index in [1.165, 1.54) is 6.07 Å². The van der Waals surface area contributed by atoms with Gasteiger partial charge in [-0.3, -0.25) is 14.5 Å². The van der Waals surface area contributed by atoms with Crippen molar-refractivity contribution in [3.63, 3.8) is 0 Å². The summed E-state index contributed by atoms with van der Waals surface area (Å²) in [5, 5.41) is 22.0. The van der Waals surface area contributed by atoms with Gasteiger partial charge in [-0.05, 0) is 48.0 Å². The molecule has 5 rings (SSSR count). The summed E-state index contributed by atoms with van der Waals surface area (Å²) < 4.78 is 1.95. The van der Waals surface area contributed by atoms with Gasteiger partial charge in [-0.1, -0.05) is 54.1 Å². The number of hydrogen-bond donors (Lipinski definition) is 0. The highest BCUT2D eigenvalue weighted by atomic mass is 35.5. The molecule has 0 spiro atoms. The van der Waals surface area contributed by atoms with Crippen LogP contribution in [0.1, 0.15) is 16.7 Å². The van der Waals surface area contributed by atoms with Crippen molar-refractivity contribution in [2.45, 2.75) is 0 Å². The maximum absolute atomic E-state index is 11.4. The zero-order valence-corrected chi connectivity index (χ0v) is 17.9. The summed E-state index contributed by atoms with van der Waals surface area (Å²) in [4.78, 5) is 15.7. The molecule has 0 fully saturated rings. The lowest BCUT2D eigenvalue weighted by atomic mass is 10.0. The Labute approximate surface area is 193 Å². The fourth-order valence-electron chi connectivity index (χ4n) is 3.93. The van der Waals surface area contributed by atoms with Gasteiger partial charge in [0.05, 0.1) is 27.2 Å². The maximum Gasteiger partial charge on any atom is 0.276 e. The average Bonchev–Trinajstić information content (AvgIpc) is 3.21. The molecule has 2 heterocycles. The molecule has 0 aliphatic carbocycles. The van der Waals surface area contributed by atoms with Crippen LogP contribution in [0.5, 0.6) is 0 Å². The summed E-state index contributed by atoms with van der Waals surface area (Å²) >= 11 is 6.27. The first-order chi connectivity index (χ1) is 16.1. The molecule has 0 aliphatic rings. The molecule has 33 heavy (non-hydrogen) atoms. The van der Waals surface area contributed by atoms with Gasteiger partial charge in [0.25, 0.3) is 5.69 Å². The molecule has 3 aromatic carbocycles. The van der Waals surface area contributed by atoms with E-state index in [4.69, 9.17) is 16.6 Å². The van der Waals surface area contributed by atoms with Crippen LogP contribution >= 0.6 is 11.6 Å². The molecule has 0 N–H and O–H groups in total. The third-order valence-electron chi connectivity index (χ3n) is 5.41. The van der Waals surface area contributed by atoms with Crippen LogP contribution in [0.4, 0.5) is 5.69 Å². The number of rotatable bonds is 4. The van der Waals surface area contributed by atoms with Crippen LogP contribution in [0, 0.1) is 21.4 Å². The van der Waals surface area contributed by atoms with Gasteiger partial charge in [0.2, 0.25) is 0 Å². The lowest BCUT2D eigenvalue weighted by Crippen LogP contribution is -1.98. The van der Waals surface area contributed by atoms with E-state index in [0.29, 0.717) is 27.4 Å². The molecule has 0 radical (unpaired) electrons. The normalized spacial score (nSPS) is 11.3. The number of hydrogen-bond acceptors (Lipinski definition) is 4. The molecular weight excluding hydrogens is 436 g/mol. The van der Waals surface area contributed by atoms with Crippen LogP contribution in [0.2, 0.25) is 5.02 Å². The minimum absolute atomic E-state index is 0.00468. The van der Waals surface area contributed by atoms with Gasteiger partial charge in [-0.25, -0.2) is 4.98 Å². The van der Waals surface area contributed by atoms with Crippen molar-refractivity contribution >= 4 is 46.1 Å². The number of nitriles is 1. The first kappa shape index (κ1) is 20.4. The molecule has 7 heteroatoms. The number of imidazole rings is 1. The van der Waals surface area contributed by atoms with Gasteiger partial charge in [-0.2, -0.15) is 5.26 Å². The molecule has 0 amide bonds. The molecule has 0 aliphatic heterocycles. The number of benzene rings is 3. The molecule has 0 atom stereocenters.